The number of allylic oxidation sites excluding steroid dienone is 5. The lowest BCUT2D eigenvalue weighted by Crippen LogP contribution is -2.50. The van der Waals surface area contributed by atoms with Crippen LogP contribution >= 0.6 is 0 Å². The van der Waals surface area contributed by atoms with Gasteiger partial charge in [0.25, 0.3) is 0 Å². The average molecular weight is 298 g/mol. The van der Waals surface area contributed by atoms with Crippen molar-refractivity contribution in [1.29, 1.82) is 0 Å². The molecule has 4 aliphatic rings. The number of hydrogen-bond acceptors (Lipinski definition) is 2. The highest BCUT2D eigenvalue weighted by Gasteiger charge is 2.59. The van der Waals surface area contributed by atoms with Gasteiger partial charge in [-0.3, -0.25) is 9.59 Å². The van der Waals surface area contributed by atoms with Crippen LogP contribution in [0.15, 0.2) is 36.0 Å². The molecule has 0 bridgehead atoms. The first kappa shape index (κ1) is 12.0. The maximum absolute atomic E-state index is 12.7. The van der Waals surface area contributed by atoms with Crippen molar-refractivity contribution in [1.82, 2.24) is 0 Å². The van der Waals surface area contributed by atoms with Crippen LogP contribution in [0.3, 0.4) is 0 Å². The third-order valence-corrected chi connectivity index (χ3v) is 6.92. The molecule has 3 saturated carbocycles. The number of ketones is 2. The van der Waals surface area contributed by atoms with E-state index in [0.29, 0.717) is 12.3 Å². The number of rotatable bonds is 0. The Labute approximate surface area is 135 Å². The molecule has 0 aromatic heterocycles. The predicted octanol–water partition coefficient (Wildman–Crippen LogP) is 4.03. The largest absolute Gasteiger partial charge is 0.299 e. The summed E-state index contributed by atoms with van der Waals surface area (Å²) >= 11 is 0. The number of fused-ring (bicyclic) bond motifs is 5. The second-order valence-corrected chi connectivity index (χ2v) is 7.93. The van der Waals surface area contributed by atoms with Gasteiger partial charge in [-0.1, -0.05) is 32.1 Å². The van der Waals surface area contributed by atoms with Crippen LogP contribution in [0.4, 0.5) is 0 Å². The topological polar surface area (TPSA) is 34.1 Å². The molecule has 0 spiro atoms. The van der Waals surface area contributed by atoms with Crippen LogP contribution in [-0.4, -0.2) is 11.6 Å². The summed E-state index contributed by atoms with van der Waals surface area (Å²) in [5.74, 6) is 0.496. The van der Waals surface area contributed by atoms with E-state index in [1.165, 1.54) is 0 Å². The molecule has 22 heavy (non-hydrogen) atoms. The highest BCUT2D eigenvalue weighted by Crippen LogP contribution is 2.64. The molecular weight excluding hydrogens is 272 g/mol. The summed E-state index contributed by atoms with van der Waals surface area (Å²) in [6.07, 6.45) is 6.46. The minimum atomic E-state index is -1.70. The van der Waals surface area contributed by atoms with E-state index in [4.69, 9.17) is 2.74 Å². The van der Waals surface area contributed by atoms with Crippen molar-refractivity contribution in [3.8, 4) is 0 Å². The molecule has 5 atom stereocenters. The molecule has 3 unspecified atom stereocenters. The highest BCUT2D eigenvalue weighted by molar-refractivity contribution is 6.02. The van der Waals surface area contributed by atoms with E-state index in [2.05, 4.69) is 13.5 Å². The molecule has 4 aliphatic carbocycles. The quantitative estimate of drug-likeness (QED) is 0.676. The van der Waals surface area contributed by atoms with E-state index in [1.807, 2.05) is 13.0 Å². The highest BCUT2D eigenvalue weighted by atomic mass is 16.1. The van der Waals surface area contributed by atoms with E-state index in [0.717, 1.165) is 30.4 Å². The molecule has 0 aliphatic heterocycles. The van der Waals surface area contributed by atoms with Crippen molar-refractivity contribution in [2.45, 2.75) is 45.9 Å². The summed E-state index contributed by atoms with van der Waals surface area (Å²) in [7, 11) is 0. The third-order valence-electron chi connectivity index (χ3n) is 6.92. The zero-order valence-electron chi connectivity index (χ0n) is 15.3. The monoisotopic (exact) mass is 298 g/mol. The smallest absolute Gasteiger partial charge is 0.178 e. The van der Waals surface area contributed by atoms with Gasteiger partial charge in [-0.25, -0.2) is 0 Å². The van der Waals surface area contributed by atoms with Crippen molar-refractivity contribution < 1.29 is 12.3 Å². The minimum Gasteiger partial charge on any atom is -0.299 e. The van der Waals surface area contributed by atoms with E-state index in [-0.39, 0.29) is 28.8 Å². The van der Waals surface area contributed by atoms with E-state index >= 15 is 0 Å². The summed E-state index contributed by atoms with van der Waals surface area (Å²) in [6.45, 7) is 8.38. The lowest BCUT2D eigenvalue weighted by molar-refractivity contribution is -0.131. The fraction of sp³-hybridized carbons (Fsp3) is 0.600. The molecule has 0 heterocycles. The summed E-state index contributed by atoms with van der Waals surface area (Å²) in [5, 5.41) is 0. The Balaban J connectivity index is 1.78. The Morgan fingerprint density at radius 2 is 2.05 bits per heavy atom. The normalized spacial score (nSPS) is 50.5. The van der Waals surface area contributed by atoms with Crippen molar-refractivity contribution in [2.24, 2.45) is 28.6 Å². The Morgan fingerprint density at radius 1 is 1.27 bits per heavy atom. The van der Waals surface area contributed by atoms with Gasteiger partial charge in [0.15, 0.2) is 5.78 Å². The first-order valence-electron chi connectivity index (χ1n) is 9.28. The molecule has 116 valence electrons. The number of hydrogen-bond donors (Lipinski definition) is 0. The van der Waals surface area contributed by atoms with Crippen LogP contribution in [0.1, 0.15) is 48.6 Å². The molecule has 0 radical (unpaired) electrons. The molecule has 3 fully saturated rings. The van der Waals surface area contributed by atoms with Gasteiger partial charge >= 0.3 is 0 Å². The minimum absolute atomic E-state index is 0.0232. The molecule has 2 nitrogen and oxygen atoms in total. The number of Topliss-reactive ketones (excluding diaryl/α,β-unsaturated/α-hetero) is 1. The van der Waals surface area contributed by atoms with Crippen molar-refractivity contribution in [3.63, 3.8) is 0 Å². The second-order valence-electron chi connectivity index (χ2n) is 7.93. The summed E-state index contributed by atoms with van der Waals surface area (Å²) in [5.41, 5.74) is 1.28. The summed E-state index contributed by atoms with van der Waals surface area (Å²) in [6, 6.07) is 0. The maximum atomic E-state index is 12.7. The maximum Gasteiger partial charge on any atom is 0.178 e. The van der Waals surface area contributed by atoms with Gasteiger partial charge in [-0.15, -0.1) is 0 Å². The Morgan fingerprint density at radius 3 is 2.82 bits per heavy atom. The Bertz CT molecular complexity index is 732. The van der Waals surface area contributed by atoms with Gasteiger partial charge in [0, 0.05) is 19.9 Å². The fourth-order valence-corrected chi connectivity index (χ4v) is 5.59. The van der Waals surface area contributed by atoms with Gasteiger partial charge in [0.05, 0.1) is 0 Å². The van der Waals surface area contributed by atoms with Gasteiger partial charge in [-0.2, -0.15) is 0 Å². The van der Waals surface area contributed by atoms with Crippen molar-refractivity contribution >= 4 is 11.6 Å². The first-order chi connectivity index (χ1) is 11.1. The van der Waals surface area contributed by atoms with Gasteiger partial charge in [0.1, 0.15) is 5.78 Å². The third kappa shape index (κ3) is 1.61. The van der Waals surface area contributed by atoms with Gasteiger partial charge < -0.3 is 0 Å². The zero-order valence-corrected chi connectivity index (χ0v) is 13.3. The van der Waals surface area contributed by atoms with Gasteiger partial charge in [-0.05, 0) is 61.2 Å². The zero-order chi connectivity index (χ0) is 17.5. The standard InChI is InChI=1S/C20H24O2/c1-12-10-14-15-4-5-18(22)20(15,3)9-7-16(14)19(2)8-6-13(21)11-17(12)19/h6,8,11,14-16H,1,4-5,7,9-10H2,2-3H3/t14?,15?,16?,19-,20+/m1/s1/i5D2. The van der Waals surface area contributed by atoms with Crippen LogP contribution in [0, 0.1) is 28.6 Å². The molecule has 0 saturated heterocycles. The lowest BCUT2D eigenvalue weighted by Gasteiger charge is -2.56. The predicted molar refractivity (Wildman–Crippen MR) is 86.1 cm³/mol. The van der Waals surface area contributed by atoms with Crippen molar-refractivity contribution in [3.05, 3.63) is 36.0 Å². The van der Waals surface area contributed by atoms with E-state index in [9.17, 15) is 9.59 Å². The Hall–Kier alpha value is -1.44. The summed E-state index contributed by atoms with van der Waals surface area (Å²) in [4.78, 5) is 24.5. The number of carbonyl (C=O) groups excluding carboxylic acids is 2. The van der Waals surface area contributed by atoms with Crippen LogP contribution < -0.4 is 0 Å². The number of carbonyl (C=O) groups is 2. The van der Waals surface area contributed by atoms with Crippen LogP contribution in [-0.2, 0) is 9.59 Å². The van der Waals surface area contributed by atoms with E-state index < -0.39 is 11.8 Å². The first-order valence-corrected chi connectivity index (χ1v) is 8.28. The molecule has 0 aromatic rings. The molecule has 0 aromatic carbocycles. The molecule has 0 amide bonds. The van der Waals surface area contributed by atoms with Crippen molar-refractivity contribution in [2.75, 3.05) is 0 Å². The average Bonchev–Trinajstić information content (AvgIpc) is 2.69. The van der Waals surface area contributed by atoms with Crippen LogP contribution in [0.5, 0.6) is 0 Å². The van der Waals surface area contributed by atoms with Crippen LogP contribution in [0.25, 0.3) is 0 Å². The molecule has 4 rings (SSSR count). The lowest BCUT2D eigenvalue weighted by atomic mass is 9.48. The molecule has 0 N–H and O–H groups in total. The second kappa shape index (κ2) is 4.31. The summed E-state index contributed by atoms with van der Waals surface area (Å²) < 4.78 is 16.3. The SMILES string of the molecule is [2H]C1([2H])CC2C3CC(=C)C4=CC(=O)C=C[C@]4(C)C3CC[C@]2(C)C1=O. The van der Waals surface area contributed by atoms with E-state index in [1.54, 1.807) is 12.2 Å². The van der Waals surface area contributed by atoms with Crippen LogP contribution in [0.2, 0.25) is 0 Å². The van der Waals surface area contributed by atoms with Gasteiger partial charge in [0.2, 0.25) is 0 Å². The fourth-order valence-electron chi connectivity index (χ4n) is 5.59. The molecule has 2 heteroatoms. The molecular formula is C20H24O2. The Kier molecular flexibility index (Phi) is 2.36.